The summed E-state index contributed by atoms with van der Waals surface area (Å²) in [5.41, 5.74) is 7.14. The second-order valence-corrected chi connectivity index (χ2v) is 6.28. The zero-order valence-corrected chi connectivity index (χ0v) is 12.1. The number of benzene rings is 1. The van der Waals surface area contributed by atoms with Gasteiger partial charge in [-0.2, -0.15) is 0 Å². The maximum Gasteiger partial charge on any atom is 0.0266 e. The first kappa shape index (κ1) is 13.9. The maximum atomic E-state index is 5.91. The number of rotatable bonds is 5. The number of hydrogen-bond acceptors (Lipinski definition) is 3. The first-order valence-electron chi connectivity index (χ1n) is 6.96. The van der Waals surface area contributed by atoms with Crippen molar-refractivity contribution in [1.29, 1.82) is 0 Å². The highest BCUT2D eigenvalue weighted by atomic mass is 32.2. The van der Waals surface area contributed by atoms with Gasteiger partial charge in [-0.3, -0.25) is 0 Å². The zero-order valence-electron chi connectivity index (χ0n) is 11.3. The van der Waals surface area contributed by atoms with Gasteiger partial charge in [0.2, 0.25) is 0 Å². The van der Waals surface area contributed by atoms with E-state index in [9.17, 15) is 0 Å². The number of hydrogen-bond donors (Lipinski definition) is 1. The van der Waals surface area contributed by atoms with Crippen molar-refractivity contribution in [1.82, 2.24) is 4.90 Å². The minimum Gasteiger partial charge on any atom is -0.324 e. The van der Waals surface area contributed by atoms with E-state index in [1.165, 1.54) is 55.1 Å². The molecule has 2 nitrogen and oxygen atoms in total. The Kier molecular flexibility index (Phi) is 5.54. The lowest BCUT2D eigenvalue weighted by Crippen LogP contribution is -2.31. The Labute approximate surface area is 115 Å². The second kappa shape index (κ2) is 7.17. The summed E-state index contributed by atoms with van der Waals surface area (Å²) in [6, 6.07) is 8.77. The van der Waals surface area contributed by atoms with Crippen LogP contribution >= 0.6 is 11.8 Å². The molecule has 1 aromatic rings. The molecule has 2 N–H and O–H groups in total. The summed E-state index contributed by atoms with van der Waals surface area (Å²) in [5.74, 6) is 1.18. The Bertz CT molecular complexity index is 359. The largest absolute Gasteiger partial charge is 0.324 e. The van der Waals surface area contributed by atoms with Crippen LogP contribution in [-0.2, 0) is 0 Å². The quantitative estimate of drug-likeness (QED) is 0.828. The van der Waals surface area contributed by atoms with E-state index in [1.54, 1.807) is 0 Å². The predicted octanol–water partition coefficient (Wildman–Crippen LogP) is 3.28. The summed E-state index contributed by atoms with van der Waals surface area (Å²) in [7, 11) is 0. The molecule has 1 aliphatic rings. The second-order valence-electron chi connectivity index (χ2n) is 5.11. The molecule has 2 rings (SSSR count). The Balaban J connectivity index is 1.77. The fraction of sp³-hybridized carbons (Fsp3) is 0.600. The molecule has 0 amide bonds. The molecule has 0 aliphatic carbocycles. The van der Waals surface area contributed by atoms with Gasteiger partial charge in [-0.15, -0.1) is 11.8 Å². The molecule has 1 heterocycles. The van der Waals surface area contributed by atoms with Crippen LogP contribution in [0.3, 0.4) is 0 Å². The summed E-state index contributed by atoms with van der Waals surface area (Å²) >= 11 is 1.95. The van der Waals surface area contributed by atoms with Gasteiger partial charge in [0.15, 0.2) is 0 Å². The summed E-state index contributed by atoms with van der Waals surface area (Å²) in [6.45, 7) is 5.84. The van der Waals surface area contributed by atoms with E-state index in [4.69, 9.17) is 5.73 Å². The molecule has 18 heavy (non-hydrogen) atoms. The average molecular weight is 264 g/mol. The van der Waals surface area contributed by atoms with Crippen molar-refractivity contribution in [3.63, 3.8) is 0 Å². The lowest BCUT2D eigenvalue weighted by atomic mass is 10.1. The molecule has 1 fully saturated rings. The van der Waals surface area contributed by atoms with Crippen molar-refractivity contribution in [2.24, 2.45) is 5.73 Å². The van der Waals surface area contributed by atoms with Crippen molar-refractivity contribution in [2.45, 2.75) is 37.1 Å². The highest BCUT2D eigenvalue weighted by molar-refractivity contribution is 7.99. The van der Waals surface area contributed by atoms with Crippen LogP contribution in [0, 0.1) is 0 Å². The molecule has 1 saturated heterocycles. The van der Waals surface area contributed by atoms with Crippen molar-refractivity contribution >= 4 is 11.8 Å². The number of piperidine rings is 1. The van der Waals surface area contributed by atoms with E-state index in [0.29, 0.717) is 0 Å². The molecule has 0 spiro atoms. The van der Waals surface area contributed by atoms with Gasteiger partial charge in [-0.25, -0.2) is 0 Å². The van der Waals surface area contributed by atoms with Crippen LogP contribution < -0.4 is 5.73 Å². The first-order valence-corrected chi connectivity index (χ1v) is 7.95. The predicted molar refractivity (Wildman–Crippen MR) is 80.1 cm³/mol. The van der Waals surface area contributed by atoms with Gasteiger partial charge < -0.3 is 10.6 Å². The van der Waals surface area contributed by atoms with Crippen LogP contribution in [0.1, 0.15) is 37.8 Å². The van der Waals surface area contributed by atoms with Crippen molar-refractivity contribution < 1.29 is 0 Å². The lowest BCUT2D eigenvalue weighted by molar-refractivity contribution is 0.242. The summed E-state index contributed by atoms with van der Waals surface area (Å²) in [5, 5.41) is 0. The molecular weight excluding hydrogens is 240 g/mol. The van der Waals surface area contributed by atoms with Crippen molar-refractivity contribution in [2.75, 3.05) is 25.4 Å². The van der Waals surface area contributed by atoms with Gasteiger partial charge in [-0.1, -0.05) is 18.6 Å². The van der Waals surface area contributed by atoms with E-state index in [-0.39, 0.29) is 6.04 Å². The maximum absolute atomic E-state index is 5.91. The topological polar surface area (TPSA) is 29.3 Å². The Morgan fingerprint density at radius 3 is 2.78 bits per heavy atom. The molecule has 1 unspecified atom stereocenters. The van der Waals surface area contributed by atoms with Crippen LogP contribution in [0.4, 0.5) is 0 Å². The van der Waals surface area contributed by atoms with E-state index >= 15 is 0 Å². The fourth-order valence-corrected chi connectivity index (χ4v) is 3.34. The number of nitrogens with zero attached hydrogens (tertiary/aromatic N) is 1. The standard InChI is InChI=1S/C15H24N2S/c1-13(16)14-6-5-7-15(12-14)18-11-10-17-8-3-2-4-9-17/h5-7,12-13H,2-4,8-11,16H2,1H3. The van der Waals surface area contributed by atoms with Gasteiger partial charge >= 0.3 is 0 Å². The SMILES string of the molecule is CC(N)c1cccc(SCCN2CCCCC2)c1. The van der Waals surface area contributed by atoms with E-state index in [1.807, 2.05) is 18.7 Å². The molecular formula is C15H24N2S. The third kappa shape index (κ3) is 4.30. The van der Waals surface area contributed by atoms with Gasteiger partial charge in [0.25, 0.3) is 0 Å². The van der Waals surface area contributed by atoms with Crippen LogP contribution in [0.5, 0.6) is 0 Å². The Morgan fingerprint density at radius 1 is 1.28 bits per heavy atom. The monoisotopic (exact) mass is 264 g/mol. The van der Waals surface area contributed by atoms with Crippen LogP contribution in [0.25, 0.3) is 0 Å². The molecule has 100 valence electrons. The van der Waals surface area contributed by atoms with E-state index in [2.05, 4.69) is 29.2 Å². The van der Waals surface area contributed by atoms with E-state index in [0.717, 1.165) is 0 Å². The van der Waals surface area contributed by atoms with Gasteiger partial charge in [0.05, 0.1) is 0 Å². The highest BCUT2D eigenvalue weighted by Gasteiger charge is 2.09. The fourth-order valence-electron chi connectivity index (χ4n) is 2.36. The number of likely N-dealkylation sites (tertiary alicyclic amines) is 1. The molecule has 0 saturated carbocycles. The van der Waals surface area contributed by atoms with Gasteiger partial charge in [-0.05, 0) is 50.6 Å². The van der Waals surface area contributed by atoms with E-state index < -0.39 is 0 Å². The summed E-state index contributed by atoms with van der Waals surface area (Å²) in [6.07, 6.45) is 4.18. The molecule has 1 aliphatic heterocycles. The van der Waals surface area contributed by atoms with Gasteiger partial charge in [0.1, 0.15) is 0 Å². The third-order valence-corrected chi connectivity index (χ3v) is 4.48. The smallest absolute Gasteiger partial charge is 0.0266 e. The van der Waals surface area contributed by atoms with Crippen LogP contribution in [0.15, 0.2) is 29.2 Å². The molecule has 0 bridgehead atoms. The number of thioether (sulfide) groups is 1. The molecule has 1 aromatic carbocycles. The van der Waals surface area contributed by atoms with Gasteiger partial charge in [0, 0.05) is 23.2 Å². The Morgan fingerprint density at radius 2 is 2.06 bits per heavy atom. The van der Waals surface area contributed by atoms with Crippen LogP contribution in [-0.4, -0.2) is 30.3 Å². The minimum absolute atomic E-state index is 0.132. The normalized spacial score (nSPS) is 18.8. The van der Waals surface area contributed by atoms with Crippen molar-refractivity contribution in [3.8, 4) is 0 Å². The molecule has 0 aromatic heterocycles. The molecule has 0 radical (unpaired) electrons. The Hall–Kier alpha value is -0.510. The minimum atomic E-state index is 0.132. The van der Waals surface area contributed by atoms with Crippen molar-refractivity contribution in [3.05, 3.63) is 29.8 Å². The zero-order chi connectivity index (χ0) is 12.8. The summed E-state index contributed by atoms with van der Waals surface area (Å²) < 4.78 is 0. The third-order valence-electron chi connectivity index (χ3n) is 3.51. The van der Waals surface area contributed by atoms with Crippen LogP contribution in [0.2, 0.25) is 0 Å². The molecule has 1 atom stereocenters. The summed E-state index contributed by atoms with van der Waals surface area (Å²) in [4.78, 5) is 3.94. The highest BCUT2D eigenvalue weighted by Crippen LogP contribution is 2.22. The average Bonchev–Trinajstić information content (AvgIpc) is 2.40. The molecule has 3 heteroatoms. The number of nitrogens with two attached hydrogens (primary N) is 1. The first-order chi connectivity index (χ1) is 8.75. The lowest BCUT2D eigenvalue weighted by Gasteiger charge is -2.26.